The van der Waals surface area contributed by atoms with E-state index in [2.05, 4.69) is 15.6 Å². The van der Waals surface area contributed by atoms with Gasteiger partial charge in [-0.2, -0.15) is 0 Å². The maximum Gasteiger partial charge on any atom is 0.315 e. The summed E-state index contributed by atoms with van der Waals surface area (Å²) in [7, 11) is 0. The number of carbonyl (C=O) groups excluding carboxylic acids is 1. The number of aryl methyl sites for hydroxylation is 1. The van der Waals surface area contributed by atoms with Gasteiger partial charge in [-0.3, -0.25) is 4.98 Å². The Kier molecular flexibility index (Phi) is 3.88. The largest absolute Gasteiger partial charge is 0.334 e. The van der Waals surface area contributed by atoms with Gasteiger partial charge in [-0.25, -0.2) is 4.79 Å². The molecular weight excluding hydrogens is 202 g/mol. The molecule has 0 fully saturated rings. The van der Waals surface area contributed by atoms with Gasteiger partial charge in [0.2, 0.25) is 0 Å². The molecule has 0 unspecified atom stereocenters. The molecule has 1 aromatic rings. The van der Waals surface area contributed by atoms with Crippen molar-refractivity contribution in [2.24, 2.45) is 0 Å². The minimum absolute atomic E-state index is 0.159. The number of nitrogens with one attached hydrogen (secondary N) is 2. The Morgan fingerprint density at radius 1 is 1.38 bits per heavy atom. The lowest BCUT2D eigenvalue weighted by Gasteiger charge is -2.20. The molecule has 0 aliphatic carbocycles. The topological polar surface area (TPSA) is 54.0 Å². The quantitative estimate of drug-likeness (QED) is 0.802. The third-order valence-electron chi connectivity index (χ3n) is 1.91. The number of urea groups is 1. The SMILES string of the molecule is Cc1ccc(CNC(=O)NC(C)(C)C)cn1. The van der Waals surface area contributed by atoms with Crippen molar-refractivity contribution in [3.05, 3.63) is 29.6 Å². The van der Waals surface area contributed by atoms with Crippen LogP contribution in [0.5, 0.6) is 0 Å². The molecule has 0 atom stereocenters. The van der Waals surface area contributed by atoms with Gasteiger partial charge in [0.05, 0.1) is 0 Å². The molecule has 2 N–H and O–H groups in total. The van der Waals surface area contributed by atoms with Crippen molar-refractivity contribution in [3.63, 3.8) is 0 Å². The highest BCUT2D eigenvalue weighted by molar-refractivity contribution is 5.74. The van der Waals surface area contributed by atoms with Crippen LogP contribution in [-0.2, 0) is 6.54 Å². The van der Waals surface area contributed by atoms with Crippen LogP contribution in [0, 0.1) is 6.92 Å². The third kappa shape index (κ3) is 4.77. The Balaban J connectivity index is 2.40. The van der Waals surface area contributed by atoms with Gasteiger partial charge in [-0.15, -0.1) is 0 Å². The van der Waals surface area contributed by atoms with E-state index in [9.17, 15) is 4.79 Å². The summed E-state index contributed by atoms with van der Waals surface area (Å²) < 4.78 is 0. The molecule has 0 saturated heterocycles. The van der Waals surface area contributed by atoms with E-state index in [1.807, 2.05) is 39.8 Å². The van der Waals surface area contributed by atoms with Gasteiger partial charge >= 0.3 is 6.03 Å². The first-order valence-corrected chi connectivity index (χ1v) is 5.34. The molecule has 0 radical (unpaired) electrons. The van der Waals surface area contributed by atoms with Crippen molar-refractivity contribution >= 4 is 6.03 Å². The lowest BCUT2D eigenvalue weighted by atomic mass is 10.1. The molecule has 1 heterocycles. The molecule has 1 rings (SSSR count). The van der Waals surface area contributed by atoms with Gasteiger partial charge in [-0.1, -0.05) is 6.07 Å². The number of amides is 2. The second-order valence-electron chi connectivity index (χ2n) is 4.87. The van der Waals surface area contributed by atoms with E-state index in [1.165, 1.54) is 0 Å². The predicted molar refractivity (Wildman–Crippen MR) is 64.1 cm³/mol. The molecule has 0 aromatic carbocycles. The molecule has 88 valence electrons. The highest BCUT2D eigenvalue weighted by Crippen LogP contribution is 2.00. The van der Waals surface area contributed by atoms with E-state index in [4.69, 9.17) is 0 Å². The second kappa shape index (κ2) is 4.96. The molecule has 0 saturated carbocycles. The Bertz CT molecular complexity index is 352. The van der Waals surface area contributed by atoms with E-state index < -0.39 is 0 Å². The minimum Gasteiger partial charge on any atom is -0.334 e. The normalized spacial score (nSPS) is 11.0. The lowest BCUT2D eigenvalue weighted by molar-refractivity contribution is 0.231. The van der Waals surface area contributed by atoms with Crippen LogP contribution < -0.4 is 10.6 Å². The fourth-order valence-corrected chi connectivity index (χ4v) is 1.17. The van der Waals surface area contributed by atoms with Gasteiger partial charge in [0.1, 0.15) is 0 Å². The highest BCUT2D eigenvalue weighted by atomic mass is 16.2. The van der Waals surface area contributed by atoms with Crippen molar-refractivity contribution in [2.45, 2.75) is 39.8 Å². The number of hydrogen-bond acceptors (Lipinski definition) is 2. The van der Waals surface area contributed by atoms with Crippen LogP contribution in [0.25, 0.3) is 0 Å². The molecule has 4 heteroatoms. The first kappa shape index (κ1) is 12.5. The average molecular weight is 221 g/mol. The van der Waals surface area contributed by atoms with E-state index in [1.54, 1.807) is 6.20 Å². The molecule has 0 bridgehead atoms. The summed E-state index contributed by atoms with van der Waals surface area (Å²) in [6, 6.07) is 3.73. The van der Waals surface area contributed by atoms with Crippen LogP contribution in [-0.4, -0.2) is 16.6 Å². The molecular formula is C12H19N3O. The fraction of sp³-hybridized carbons (Fsp3) is 0.500. The van der Waals surface area contributed by atoms with Crippen LogP contribution in [0.3, 0.4) is 0 Å². The summed E-state index contributed by atoms with van der Waals surface area (Å²) in [5, 5.41) is 5.62. The Labute approximate surface area is 96.5 Å². The highest BCUT2D eigenvalue weighted by Gasteiger charge is 2.12. The van der Waals surface area contributed by atoms with E-state index in [0.29, 0.717) is 6.54 Å². The van der Waals surface area contributed by atoms with Gasteiger partial charge in [0.25, 0.3) is 0 Å². The maximum atomic E-state index is 11.5. The van der Waals surface area contributed by atoms with Crippen LogP contribution in [0.2, 0.25) is 0 Å². The van der Waals surface area contributed by atoms with Crippen LogP contribution >= 0.6 is 0 Å². The molecule has 0 spiro atoms. The van der Waals surface area contributed by atoms with E-state index in [0.717, 1.165) is 11.3 Å². The molecule has 4 nitrogen and oxygen atoms in total. The monoisotopic (exact) mass is 221 g/mol. The first-order chi connectivity index (χ1) is 7.37. The summed E-state index contributed by atoms with van der Waals surface area (Å²) in [6.07, 6.45) is 1.77. The molecule has 2 amide bonds. The fourth-order valence-electron chi connectivity index (χ4n) is 1.17. The Hall–Kier alpha value is -1.58. The standard InChI is InChI=1S/C12H19N3O/c1-9-5-6-10(7-13-9)8-14-11(16)15-12(2,3)4/h5-7H,8H2,1-4H3,(H2,14,15,16). The average Bonchev–Trinajstić information content (AvgIpc) is 2.14. The van der Waals surface area contributed by atoms with Crippen LogP contribution in [0.1, 0.15) is 32.0 Å². The zero-order valence-corrected chi connectivity index (χ0v) is 10.3. The lowest BCUT2D eigenvalue weighted by Crippen LogP contribution is -2.46. The zero-order chi connectivity index (χ0) is 12.2. The molecule has 1 aromatic heterocycles. The molecule has 0 aliphatic heterocycles. The maximum absolute atomic E-state index is 11.5. The number of aromatic nitrogens is 1. The van der Waals surface area contributed by atoms with Gasteiger partial charge < -0.3 is 10.6 Å². The van der Waals surface area contributed by atoms with Crippen LogP contribution in [0.4, 0.5) is 4.79 Å². The number of carbonyl (C=O) groups is 1. The summed E-state index contributed by atoms with van der Waals surface area (Å²) in [5.74, 6) is 0. The molecule has 0 aliphatic rings. The summed E-state index contributed by atoms with van der Waals surface area (Å²) in [5.41, 5.74) is 1.76. The van der Waals surface area contributed by atoms with E-state index in [-0.39, 0.29) is 11.6 Å². The van der Waals surface area contributed by atoms with Gasteiger partial charge in [0.15, 0.2) is 0 Å². The van der Waals surface area contributed by atoms with Crippen molar-refractivity contribution in [1.82, 2.24) is 15.6 Å². The number of hydrogen-bond donors (Lipinski definition) is 2. The van der Waals surface area contributed by atoms with E-state index >= 15 is 0 Å². The number of rotatable bonds is 2. The van der Waals surface area contributed by atoms with Crippen molar-refractivity contribution < 1.29 is 4.79 Å². The zero-order valence-electron chi connectivity index (χ0n) is 10.3. The van der Waals surface area contributed by atoms with Crippen molar-refractivity contribution in [2.75, 3.05) is 0 Å². The number of nitrogens with zero attached hydrogens (tertiary/aromatic N) is 1. The third-order valence-corrected chi connectivity index (χ3v) is 1.91. The van der Waals surface area contributed by atoms with Gasteiger partial charge in [0, 0.05) is 24.0 Å². The van der Waals surface area contributed by atoms with Crippen LogP contribution in [0.15, 0.2) is 18.3 Å². The Morgan fingerprint density at radius 3 is 2.56 bits per heavy atom. The first-order valence-electron chi connectivity index (χ1n) is 5.34. The number of pyridine rings is 1. The summed E-state index contributed by atoms with van der Waals surface area (Å²) in [4.78, 5) is 15.6. The molecule has 16 heavy (non-hydrogen) atoms. The Morgan fingerprint density at radius 2 is 2.06 bits per heavy atom. The van der Waals surface area contributed by atoms with Crippen molar-refractivity contribution in [1.29, 1.82) is 0 Å². The predicted octanol–water partition coefficient (Wildman–Crippen LogP) is 1.99. The van der Waals surface area contributed by atoms with Gasteiger partial charge in [-0.05, 0) is 39.3 Å². The minimum atomic E-state index is -0.213. The second-order valence-corrected chi connectivity index (χ2v) is 4.87. The van der Waals surface area contributed by atoms with Crippen molar-refractivity contribution in [3.8, 4) is 0 Å². The summed E-state index contributed by atoms with van der Waals surface area (Å²) >= 11 is 0. The smallest absolute Gasteiger partial charge is 0.315 e. The summed E-state index contributed by atoms with van der Waals surface area (Å²) in [6.45, 7) is 8.26.